The summed E-state index contributed by atoms with van der Waals surface area (Å²) in [5.41, 5.74) is 2.68. The molecule has 1 N–H and O–H groups in total. The first-order chi connectivity index (χ1) is 12.7. The number of nitrogens with zero attached hydrogens (tertiary/aromatic N) is 1. The number of fused-ring (bicyclic) bond motifs is 7. The van der Waals surface area contributed by atoms with Crippen LogP contribution >= 0.6 is 0 Å². The fraction of sp³-hybridized carbons (Fsp3) is 0.0435. The highest BCUT2D eigenvalue weighted by Gasteiger charge is 2.15. The highest BCUT2D eigenvalue weighted by molar-refractivity contribution is 6.11. The zero-order valence-corrected chi connectivity index (χ0v) is 13.9. The molecule has 3 nitrogen and oxygen atoms in total. The van der Waals surface area contributed by atoms with E-state index in [2.05, 4.69) is 47.5 Å². The van der Waals surface area contributed by atoms with Crippen molar-refractivity contribution in [1.82, 2.24) is 0 Å². The van der Waals surface area contributed by atoms with Crippen LogP contribution in [0, 0.1) is 0 Å². The topological polar surface area (TPSA) is 49.7 Å². The minimum atomic E-state index is -0.851. The van der Waals surface area contributed by atoms with Crippen molar-refractivity contribution < 1.29 is 9.90 Å². The van der Waals surface area contributed by atoms with E-state index < -0.39 is 5.97 Å². The van der Waals surface area contributed by atoms with Gasteiger partial charge in [0.25, 0.3) is 0 Å². The molecule has 1 aliphatic carbocycles. The molecule has 0 saturated carbocycles. The van der Waals surface area contributed by atoms with Gasteiger partial charge < -0.3 is 5.11 Å². The third-order valence-corrected chi connectivity index (χ3v) is 5.18. The maximum atomic E-state index is 11.4. The van der Waals surface area contributed by atoms with Crippen LogP contribution in [0.25, 0.3) is 39.9 Å². The summed E-state index contributed by atoms with van der Waals surface area (Å²) < 4.78 is 0. The summed E-state index contributed by atoms with van der Waals surface area (Å²) in [6.07, 6.45) is 11.8. The van der Waals surface area contributed by atoms with Crippen LogP contribution in [-0.2, 0) is 11.2 Å². The highest BCUT2D eigenvalue weighted by Crippen LogP contribution is 2.29. The third-order valence-electron chi connectivity index (χ3n) is 5.18. The molecule has 0 unspecified atom stereocenters. The highest BCUT2D eigenvalue weighted by atomic mass is 16.4. The molecule has 0 aromatic heterocycles. The lowest BCUT2D eigenvalue weighted by molar-refractivity contribution is -0.132. The molecule has 1 aliphatic heterocycles. The number of allylic oxidation sites excluding steroid dienone is 2. The first kappa shape index (κ1) is 14.8. The smallest absolute Gasteiger partial charge is 0.331 e. The lowest BCUT2D eigenvalue weighted by atomic mass is 9.89. The number of carboxylic acids is 1. The molecular weight excluding hydrogens is 322 g/mol. The number of benzene rings is 3. The average Bonchev–Trinajstić information content (AvgIpc) is 2.92. The number of aliphatic imine (C=N–C) groups is 1. The van der Waals surface area contributed by atoms with E-state index in [1.165, 1.54) is 10.8 Å². The van der Waals surface area contributed by atoms with Crippen LogP contribution in [-0.4, -0.2) is 17.3 Å². The van der Waals surface area contributed by atoms with Crippen LogP contribution in [0.3, 0.4) is 0 Å². The van der Waals surface area contributed by atoms with Crippen molar-refractivity contribution in [3.63, 3.8) is 0 Å². The molecular formula is C23H15NO2. The van der Waals surface area contributed by atoms with E-state index in [4.69, 9.17) is 0 Å². The van der Waals surface area contributed by atoms with Gasteiger partial charge in [-0.05, 0) is 44.0 Å². The van der Waals surface area contributed by atoms with Crippen molar-refractivity contribution in [2.75, 3.05) is 0 Å². The van der Waals surface area contributed by atoms with E-state index in [1.807, 2.05) is 18.4 Å². The Bertz CT molecular complexity index is 1320. The van der Waals surface area contributed by atoms with Crippen molar-refractivity contribution in [2.24, 2.45) is 4.99 Å². The maximum absolute atomic E-state index is 11.4. The van der Waals surface area contributed by atoms with Crippen LogP contribution < -0.4 is 10.4 Å². The molecule has 3 heteroatoms. The van der Waals surface area contributed by atoms with Gasteiger partial charge in [-0.25, -0.2) is 4.79 Å². The Morgan fingerprint density at radius 1 is 0.885 bits per heavy atom. The Labute approximate surface area is 149 Å². The van der Waals surface area contributed by atoms with Gasteiger partial charge in [-0.15, -0.1) is 0 Å². The van der Waals surface area contributed by atoms with Gasteiger partial charge in [-0.2, -0.15) is 0 Å². The average molecular weight is 337 g/mol. The third kappa shape index (κ3) is 2.14. The molecule has 0 radical (unpaired) electrons. The van der Waals surface area contributed by atoms with Crippen LogP contribution in [0.4, 0.5) is 0 Å². The van der Waals surface area contributed by atoms with Gasteiger partial charge in [0, 0.05) is 29.6 Å². The van der Waals surface area contributed by atoms with Gasteiger partial charge in [0.15, 0.2) is 0 Å². The zero-order valence-electron chi connectivity index (χ0n) is 13.9. The fourth-order valence-electron chi connectivity index (χ4n) is 3.89. The standard InChI is InChI=1S/C23H15NO2/c25-23(26)15-4-3-14-5-7-20-19-8-6-16-13-24-11-1-2-17(16)18(19)9-10-21(20)22(14)12-15/h1-11,13H,12H2,(H,25,26). The predicted octanol–water partition coefficient (Wildman–Crippen LogP) is 3.18. The Kier molecular flexibility index (Phi) is 3.16. The van der Waals surface area contributed by atoms with E-state index >= 15 is 0 Å². The molecule has 0 bridgehead atoms. The minimum Gasteiger partial charge on any atom is -0.478 e. The van der Waals surface area contributed by atoms with Gasteiger partial charge in [-0.3, -0.25) is 4.99 Å². The molecule has 124 valence electrons. The second kappa shape index (κ2) is 5.53. The number of rotatable bonds is 1. The first-order valence-electron chi connectivity index (χ1n) is 8.54. The lowest BCUT2D eigenvalue weighted by Crippen LogP contribution is -2.17. The van der Waals surface area contributed by atoms with Crippen LogP contribution in [0.15, 0.2) is 59.1 Å². The Balaban J connectivity index is 1.84. The van der Waals surface area contributed by atoms with E-state index in [0.29, 0.717) is 12.0 Å². The summed E-state index contributed by atoms with van der Waals surface area (Å²) >= 11 is 0. The summed E-state index contributed by atoms with van der Waals surface area (Å²) in [5.74, 6) is -0.851. The second-order valence-corrected chi connectivity index (χ2v) is 6.58. The van der Waals surface area contributed by atoms with Gasteiger partial charge >= 0.3 is 5.97 Å². The van der Waals surface area contributed by atoms with Crippen LogP contribution in [0.2, 0.25) is 0 Å². The molecule has 3 aromatic carbocycles. The summed E-state index contributed by atoms with van der Waals surface area (Å²) in [6.45, 7) is 0. The van der Waals surface area contributed by atoms with Gasteiger partial charge in [0.1, 0.15) is 0 Å². The number of carboxylic acid groups (broad SMARTS) is 1. The summed E-state index contributed by atoms with van der Waals surface area (Å²) in [7, 11) is 0. The molecule has 5 rings (SSSR count). The summed E-state index contributed by atoms with van der Waals surface area (Å²) in [6, 6.07) is 12.7. The quantitative estimate of drug-likeness (QED) is 0.694. The Morgan fingerprint density at radius 2 is 1.62 bits per heavy atom. The molecule has 0 amide bonds. The molecule has 1 heterocycles. The maximum Gasteiger partial charge on any atom is 0.331 e. The second-order valence-electron chi connectivity index (χ2n) is 6.58. The number of carbonyl (C=O) groups is 1. The first-order valence-corrected chi connectivity index (χ1v) is 8.54. The summed E-state index contributed by atoms with van der Waals surface area (Å²) in [5, 5.41) is 16.2. The molecule has 0 atom stereocenters. The SMILES string of the molecule is O=C(O)C1=CC=c2ccc3c(ccc4c5c(ccc43)=CN=CC=C5)c2C1. The molecule has 0 spiro atoms. The van der Waals surface area contributed by atoms with E-state index in [1.54, 1.807) is 12.3 Å². The van der Waals surface area contributed by atoms with Crippen LogP contribution in [0.5, 0.6) is 0 Å². The molecule has 26 heavy (non-hydrogen) atoms. The number of hydrogen-bond acceptors (Lipinski definition) is 2. The molecule has 0 saturated heterocycles. The van der Waals surface area contributed by atoms with Gasteiger partial charge in [0.2, 0.25) is 0 Å². The molecule has 2 aliphatic rings. The molecule has 3 aromatic rings. The van der Waals surface area contributed by atoms with Crippen molar-refractivity contribution in [1.29, 1.82) is 0 Å². The Hall–Kier alpha value is -3.46. The zero-order chi connectivity index (χ0) is 17.7. The number of aliphatic carboxylic acids is 1. The minimum absolute atomic E-state index is 0.432. The number of hydrogen-bond donors (Lipinski definition) is 1. The van der Waals surface area contributed by atoms with E-state index in [0.717, 1.165) is 32.3 Å². The van der Waals surface area contributed by atoms with Gasteiger partial charge in [-0.1, -0.05) is 54.6 Å². The van der Waals surface area contributed by atoms with Crippen molar-refractivity contribution in [2.45, 2.75) is 6.42 Å². The van der Waals surface area contributed by atoms with Crippen LogP contribution in [0.1, 0.15) is 11.1 Å². The normalized spacial score (nSPS) is 14.8. The largest absolute Gasteiger partial charge is 0.478 e. The van der Waals surface area contributed by atoms with Crippen molar-refractivity contribution in [3.8, 4) is 0 Å². The molecule has 0 fully saturated rings. The van der Waals surface area contributed by atoms with E-state index in [-0.39, 0.29) is 0 Å². The monoisotopic (exact) mass is 337 g/mol. The lowest BCUT2D eigenvalue weighted by Gasteiger charge is -2.14. The van der Waals surface area contributed by atoms with Crippen molar-refractivity contribution in [3.05, 3.63) is 75.7 Å². The van der Waals surface area contributed by atoms with E-state index in [9.17, 15) is 9.90 Å². The fourth-order valence-corrected chi connectivity index (χ4v) is 3.89. The predicted molar refractivity (Wildman–Crippen MR) is 107 cm³/mol. The van der Waals surface area contributed by atoms with Crippen molar-refractivity contribution >= 4 is 52.1 Å². The summed E-state index contributed by atoms with van der Waals surface area (Å²) in [4.78, 5) is 15.7. The van der Waals surface area contributed by atoms with Gasteiger partial charge in [0.05, 0.1) is 0 Å². The Morgan fingerprint density at radius 3 is 2.46 bits per heavy atom.